The van der Waals surface area contributed by atoms with Crippen molar-refractivity contribution >= 4 is 0 Å². The zero-order valence-corrected chi connectivity index (χ0v) is 10.3. The molecule has 0 aliphatic carbocycles. The van der Waals surface area contributed by atoms with Crippen molar-refractivity contribution in [2.75, 3.05) is 6.61 Å². The summed E-state index contributed by atoms with van der Waals surface area (Å²) < 4.78 is 5.61. The summed E-state index contributed by atoms with van der Waals surface area (Å²) in [5.41, 5.74) is 1.72. The second kappa shape index (κ2) is 6.17. The normalized spacial score (nSPS) is 10.2. The van der Waals surface area contributed by atoms with E-state index in [0.717, 1.165) is 18.4 Å². The lowest BCUT2D eigenvalue weighted by molar-refractivity contribution is 0.297. The van der Waals surface area contributed by atoms with Gasteiger partial charge < -0.3 is 4.74 Å². The largest absolute Gasteiger partial charge is 0.492 e. The minimum Gasteiger partial charge on any atom is -0.492 e. The van der Waals surface area contributed by atoms with Crippen LogP contribution in [0.3, 0.4) is 0 Å². The topological polar surface area (TPSA) is 33.0 Å². The Morgan fingerprint density at radius 2 is 2.12 bits per heavy atom. The van der Waals surface area contributed by atoms with Crippen molar-refractivity contribution < 1.29 is 4.74 Å². The SMILES string of the molecule is Cc1ccc(OCCCC(C)C)c(C#N)c1. The van der Waals surface area contributed by atoms with E-state index in [9.17, 15) is 0 Å². The Morgan fingerprint density at radius 1 is 1.38 bits per heavy atom. The molecule has 1 rings (SSSR count). The predicted octanol–water partition coefficient (Wildman–Crippen LogP) is 3.68. The van der Waals surface area contributed by atoms with Gasteiger partial charge in [0.05, 0.1) is 12.2 Å². The highest BCUT2D eigenvalue weighted by Gasteiger charge is 2.03. The second-order valence-corrected chi connectivity index (χ2v) is 4.50. The van der Waals surface area contributed by atoms with Crippen LogP contribution in [0.2, 0.25) is 0 Å². The highest BCUT2D eigenvalue weighted by Crippen LogP contribution is 2.19. The summed E-state index contributed by atoms with van der Waals surface area (Å²) in [6.07, 6.45) is 2.20. The predicted molar refractivity (Wildman–Crippen MR) is 65.5 cm³/mol. The van der Waals surface area contributed by atoms with E-state index < -0.39 is 0 Å². The lowest BCUT2D eigenvalue weighted by Crippen LogP contribution is -2.01. The highest BCUT2D eigenvalue weighted by atomic mass is 16.5. The number of rotatable bonds is 5. The van der Waals surface area contributed by atoms with Crippen LogP contribution >= 0.6 is 0 Å². The van der Waals surface area contributed by atoms with Gasteiger partial charge in [0.2, 0.25) is 0 Å². The van der Waals surface area contributed by atoms with Crippen LogP contribution in [0, 0.1) is 24.2 Å². The molecule has 2 nitrogen and oxygen atoms in total. The molecule has 86 valence electrons. The molecule has 1 aromatic rings. The van der Waals surface area contributed by atoms with E-state index in [0.29, 0.717) is 23.8 Å². The van der Waals surface area contributed by atoms with Gasteiger partial charge in [-0.3, -0.25) is 0 Å². The van der Waals surface area contributed by atoms with E-state index in [1.165, 1.54) is 0 Å². The zero-order chi connectivity index (χ0) is 12.0. The van der Waals surface area contributed by atoms with E-state index in [2.05, 4.69) is 19.9 Å². The van der Waals surface area contributed by atoms with Crippen molar-refractivity contribution in [1.29, 1.82) is 5.26 Å². The zero-order valence-electron chi connectivity index (χ0n) is 10.3. The number of ether oxygens (including phenoxy) is 1. The number of nitriles is 1. The molecular weight excluding hydrogens is 198 g/mol. The summed E-state index contributed by atoms with van der Waals surface area (Å²) in [7, 11) is 0. The first-order valence-corrected chi connectivity index (χ1v) is 5.77. The summed E-state index contributed by atoms with van der Waals surface area (Å²) in [5.74, 6) is 1.41. The number of hydrogen-bond donors (Lipinski definition) is 0. The quantitative estimate of drug-likeness (QED) is 0.705. The molecule has 0 atom stereocenters. The highest BCUT2D eigenvalue weighted by molar-refractivity contribution is 5.45. The maximum atomic E-state index is 8.96. The monoisotopic (exact) mass is 217 g/mol. The fourth-order valence-electron chi connectivity index (χ4n) is 1.53. The van der Waals surface area contributed by atoms with Crippen LogP contribution in [0.15, 0.2) is 18.2 Å². The van der Waals surface area contributed by atoms with Crippen molar-refractivity contribution in [3.05, 3.63) is 29.3 Å². The second-order valence-electron chi connectivity index (χ2n) is 4.50. The number of aryl methyl sites for hydroxylation is 1. The van der Waals surface area contributed by atoms with Crippen molar-refractivity contribution in [3.63, 3.8) is 0 Å². The van der Waals surface area contributed by atoms with Gasteiger partial charge in [0, 0.05) is 0 Å². The van der Waals surface area contributed by atoms with E-state index in [1.807, 2.05) is 25.1 Å². The smallest absolute Gasteiger partial charge is 0.137 e. The third-order valence-electron chi connectivity index (χ3n) is 2.44. The first-order valence-electron chi connectivity index (χ1n) is 5.77. The molecular formula is C14H19NO. The Labute approximate surface area is 97.9 Å². The first kappa shape index (κ1) is 12.6. The van der Waals surface area contributed by atoms with Gasteiger partial charge in [0.25, 0.3) is 0 Å². The van der Waals surface area contributed by atoms with Crippen molar-refractivity contribution in [1.82, 2.24) is 0 Å². The molecule has 0 spiro atoms. The molecule has 0 aliphatic rings. The van der Waals surface area contributed by atoms with E-state index >= 15 is 0 Å². The summed E-state index contributed by atoms with van der Waals surface area (Å²) in [4.78, 5) is 0. The van der Waals surface area contributed by atoms with Crippen LogP contribution in [0.25, 0.3) is 0 Å². The number of nitrogens with zero attached hydrogens (tertiary/aromatic N) is 1. The first-order chi connectivity index (χ1) is 7.63. The molecule has 0 unspecified atom stereocenters. The van der Waals surface area contributed by atoms with E-state index in [4.69, 9.17) is 10.00 Å². The summed E-state index contributed by atoms with van der Waals surface area (Å²) in [5, 5.41) is 8.96. The fourth-order valence-corrected chi connectivity index (χ4v) is 1.53. The molecule has 0 radical (unpaired) electrons. The lowest BCUT2D eigenvalue weighted by Gasteiger charge is -2.09. The maximum Gasteiger partial charge on any atom is 0.137 e. The standard InChI is InChI=1S/C14H19NO/c1-11(2)5-4-8-16-14-7-6-12(3)9-13(14)10-15/h6-7,9,11H,4-5,8H2,1-3H3. The number of hydrogen-bond acceptors (Lipinski definition) is 2. The van der Waals surface area contributed by atoms with Crippen LogP contribution < -0.4 is 4.74 Å². The third-order valence-corrected chi connectivity index (χ3v) is 2.44. The van der Waals surface area contributed by atoms with Crippen LogP contribution in [0.1, 0.15) is 37.8 Å². The summed E-state index contributed by atoms with van der Waals surface area (Å²) >= 11 is 0. The molecule has 0 fully saturated rings. The van der Waals surface area contributed by atoms with Crippen LogP contribution in [0.5, 0.6) is 5.75 Å². The Morgan fingerprint density at radius 3 is 2.75 bits per heavy atom. The molecule has 0 aromatic heterocycles. The fraction of sp³-hybridized carbons (Fsp3) is 0.500. The van der Waals surface area contributed by atoms with Gasteiger partial charge in [-0.15, -0.1) is 0 Å². The molecule has 0 saturated carbocycles. The van der Waals surface area contributed by atoms with Gasteiger partial charge >= 0.3 is 0 Å². The molecule has 0 amide bonds. The van der Waals surface area contributed by atoms with Gasteiger partial charge in [-0.25, -0.2) is 0 Å². The van der Waals surface area contributed by atoms with Crippen molar-refractivity contribution in [2.45, 2.75) is 33.6 Å². The third kappa shape index (κ3) is 3.94. The van der Waals surface area contributed by atoms with Gasteiger partial charge in [-0.05, 0) is 43.4 Å². The van der Waals surface area contributed by atoms with Crippen LogP contribution in [-0.2, 0) is 0 Å². The average Bonchev–Trinajstić information content (AvgIpc) is 2.25. The maximum absolute atomic E-state index is 8.96. The molecule has 0 heterocycles. The molecule has 0 bridgehead atoms. The molecule has 0 aliphatic heterocycles. The summed E-state index contributed by atoms with van der Waals surface area (Å²) in [6, 6.07) is 7.87. The van der Waals surface area contributed by atoms with Gasteiger partial charge in [-0.2, -0.15) is 5.26 Å². The Balaban J connectivity index is 2.51. The van der Waals surface area contributed by atoms with Gasteiger partial charge in [0.1, 0.15) is 11.8 Å². The van der Waals surface area contributed by atoms with E-state index in [1.54, 1.807) is 0 Å². The Bertz CT molecular complexity index is 377. The average molecular weight is 217 g/mol. The van der Waals surface area contributed by atoms with Crippen molar-refractivity contribution in [3.8, 4) is 11.8 Å². The lowest BCUT2D eigenvalue weighted by atomic mass is 10.1. The molecule has 0 saturated heterocycles. The molecule has 16 heavy (non-hydrogen) atoms. The van der Waals surface area contributed by atoms with Gasteiger partial charge in [-0.1, -0.05) is 19.9 Å². The van der Waals surface area contributed by atoms with Gasteiger partial charge in [0.15, 0.2) is 0 Å². The minimum atomic E-state index is 0.629. The molecule has 1 aromatic carbocycles. The Kier molecular flexibility index (Phi) is 4.85. The Hall–Kier alpha value is -1.49. The van der Waals surface area contributed by atoms with Crippen LogP contribution in [0.4, 0.5) is 0 Å². The molecule has 0 N–H and O–H groups in total. The van der Waals surface area contributed by atoms with Crippen LogP contribution in [-0.4, -0.2) is 6.61 Å². The summed E-state index contributed by atoms with van der Waals surface area (Å²) in [6.45, 7) is 7.07. The minimum absolute atomic E-state index is 0.629. The molecule has 2 heteroatoms. The number of benzene rings is 1. The van der Waals surface area contributed by atoms with E-state index in [-0.39, 0.29) is 0 Å². The van der Waals surface area contributed by atoms with Crippen molar-refractivity contribution in [2.24, 2.45) is 5.92 Å².